The Balaban J connectivity index is -0.000000110. The van der Waals surface area contributed by atoms with Crippen molar-refractivity contribution in [2.24, 2.45) is 5.92 Å². The van der Waals surface area contributed by atoms with Crippen molar-refractivity contribution in [2.45, 2.75) is 84.0 Å². The van der Waals surface area contributed by atoms with Gasteiger partial charge in [-0.3, -0.25) is 0 Å². The van der Waals surface area contributed by atoms with Crippen molar-refractivity contribution in [1.82, 2.24) is 4.90 Å². The minimum absolute atomic E-state index is 0. The molecule has 0 amide bonds. The summed E-state index contributed by atoms with van der Waals surface area (Å²) in [5, 5.41) is 0. The number of hydrogen-bond acceptors (Lipinski definition) is 1. The number of rotatable bonds is 0. The van der Waals surface area contributed by atoms with Gasteiger partial charge in [0.15, 0.2) is 0 Å². The van der Waals surface area contributed by atoms with Crippen LogP contribution in [0.15, 0.2) is 0 Å². The van der Waals surface area contributed by atoms with E-state index in [1.54, 1.807) is 0 Å². The summed E-state index contributed by atoms with van der Waals surface area (Å²) in [5.74, 6) is 1.05. The maximum atomic E-state index is 3.19. The largest absolute Gasteiger partial charge is 0.358 e. The van der Waals surface area contributed by atoms with Gasteiger partial charge in [0.2, 0.25) is 0 Å². The Morgan fingerprint density at radius 3 is 1.17 bits per heavy atom. The van der Waals surface area contributed by atoms with E-state index >= 15 is 0 Å². The number of piperidine rings is 1. The van der Waals surface area contributed by atoms with E-state index in [1.165, 1.54) is 90.1 Å². The number of nitrogens with zero attached hydrogens (tertiary/aromatic N) is 1. The molecule has 3 fully saturated rings. The molecule has 1 nitrogen and oxygen atoms in total. The minimum Gasteiger partial charge on any atom is -0.358 e. The molecule has 1 saturated heterocycles. The molecule has 0 aromatic rings. The van der Waals surface area contributed by atoms with Crippen LogP contribution in [-0.2, 0) is 15.0 Å². The Hall–Kier alpha value is 2.11. The summed E-state index contributed by atoms with van der Waals surface area (Å²) in [4.78, 5) is 2.39. The average Bonchev–Trinajstić information content (AvgIpc) is 3.17. The molecule has 0 N–H and O–H groups in total. The van der Waals surface area contributed by atoms with E-state index in [1.807, 2.05) is 0 Å². The maximum absolute atomic E-state index is 3.19. The normalized spacial score (nSPS) is 19.3. The van der Waals surface area contributed by atoms with Gasteiger partial charge in [-0.25, -0.2) is 0 Å². The zero-order valence-corrected chi connectivity index (χ0v) is 22.9. The molecule has 3 rings (SSSR count). The van der Waals surface area contributed by atoms with Gasteiger partial charge in [-0.15, -0.1) is 0 Å². The van der Waals surface area contributed by atoms with E-state index in [-0.39, 0.29) is 46.8 Å². The first-order chi connectivity index (χ1) is 10.2. The summed E-state index contributed by atoms with van der Waals surface area (Å²) in [6, 6.07) is 0. The Morgan fingerprint density at radius 2 is 1.00 bits per heavy atom. The Bertz CT molecular complexity index is 185. The van der Waals surface area contributed by atoms with Crippen LogP contribution in [0.25, 0.3) is 0 Å². The van der Waals surface area contributed by atoms with Crippen molar-refractivity contribution >= 4 is 26.3 Å². The molecule has 2 saturated carbocycles. The molecular weight excluding hydrogens is 530 g/mol. The monoisotopic (exact) mass is 568 g/mol. The first-order valence-corrected chi connectivity index (χ1v) is 16.6. The summed E-state index contributed by atoms with van der Waals surface area (Å²) in [5.41, 5.74) is 0. The fraction of sp³-hybridized carbons (Fsp3) is 0.895. The number of hydrogen-bond donors (Lipinski definition) is 0. The molecule has 1 heterocycles. The molecule has 24 heavy (non-hydrogen) atoms. The number of likely N-dealkylation sites (tertiary alicyclic amines) is 1. The first-order valence-electron chi connectivity index (χ1n) is 8.85. The van der Waals surface area contributed by atoms with E-state index < -0.39 is 0 Å². The molecular formula is C19H41Br3NTi-3. The quantitative estimate of drug-likeness (QED) is 0.298. The molecule has 3 aliphatic rings. The van der Waals surface area contributed by atoms with Gasteiger partial charge in [0.05, 0.1) is 0 Å². The van der Waals surface area contributed by atoms with E-state index in [0.29, 0.717) is 0 Å². The van der Waals surface area contributed by atoms with Crippen molar-refractivity contribution in [2.75, 3.05) is 20.1 Å². The van der Waals surface area contributed by atoms with Crippen molar-refractivity contribution in [3.63, 3.8) is 0 Å². The minimum atomic E-state index is 0. The van der Waals surface area contributed by atoms with Crippen LogP contribution in [0.5, 0.6) is 0 Å². The molecule has 5 heteroatoms. The van der Waals surface area contributed by atoms with Gasteiger partial charge in [-0.2, -0.15) is 0 Å². The predicted octanol–water partition coefficient (Wildman–Crippen LogP) is 4.84. The van der Waals surface area contributed by atoms with E-state index in [2.05, 4.69) is 45.2 Å². The van der Waals surface area contributed by atoms with Crippen LogP contribution in [0, 0.1) is 20.8 Å². The molecule has 0 bridgehead atoms. The zero-order valence-electron chi connectivity index (χ0n) is 16.6. The maximum Gasteiger partial charge on any atom is -0.358 e. The standard InChI is InChI=1S/C6H13N.C6H12.C5H10.2CH3.3BrH.Ti/c1-7-5-3-2-4-6-7;1-6-4-2-3-5-6;1-2-4-5-3-1;;;;;;/h2-6H2,1H3;6H,2-5H2,1H3;1-5H2;2*1H3;3*1H;/q;;;2*-1;;;;+2/p-3. The second-order valence-corrected chi connectivity index (χ2v) is 14.5. The van der Waals surface area contributed by atoms with E-state index in [9.17, 15) is 0 Å². The Labute approximate surface area is 186 Å². The van der Waals surface area contributed by atoms with Crippen LogP contribution in [0.1, 0.15) is 84.0 Å². The smallest absolute Gasteiger partial charge is 0.358 e. The Morgan fingerprint density at radius 1 is 0.708 bits per heavy atom. The van der Waals surface area contributed by atoms with Crippen molar-refractivity contribution in [1.29, 1.82) is 0 Å². The predicted molar refractivity (Wildman–Crippen MR) is 113 cm³/mol. The molecule has 2 aliphatic carbocycles. The van der Waals surface area contributed by atoms with Crippen LogP contribution >= 0.6 is 26.3 Å². The van der Waals surface area contributed by atoms with Gasteiger partial charge in [-0.05, 0) is 38.9 Å². The van der Waals surface area contributed by atoms with Gasteiger partial charge < -0.3 is 36.7 Å². The molecule has 150 valence electrons. The summed E-state index contributed by atoms with van der Waals surface area (Å²) in [6.07, 6.45) is 17.7. The fourth-order valence-electron chi connectivity index (χ4n) is 3.07. The summed E-state index contributed by atoms with van der Waals surface area (Å²) >= 11 is 6.50. The van der Waals surface area contributed by atoms with Gasteiger partial charge in [0.1, 0.15) is 0 Å². The third-order valence-corrected chi connectivity index (χ3v) is 4.47. The van der Waals surface area contributed by atoms with Gasteiger partial charge >= 0.3 is 41.3 Å². The fourth-order valence-corrected chi connectivity index (χ4v) is 3.07. The molecule has 0 spiro atoms. The second kappa shape index (κ2) is 27.3. The summed E-state index contributed by atoms with van der Waals surface area (Å²) in [7, 11) is 2.19. The molecule has 0 aromatic carbocycles. The van der Waals surface area contributed by atoms with Crippen molar-refractivity contribution in [3.8, 4) is 0 Å². The molecule has 0 atom stereocenters. The SMILES string of the molecule is C1CCCC1.CC1CCCC1.CN1CCCCC1.[Br-].[Br][Ti][Br].[CH3-].[CH3-]. The number of halogens is 3. The topological polar surface area (TPSA) is 3.24 Å². The van der Waals surface area contributed by atoms with Crippen molar-refractivity contribution < 1.29 is 31.9 Å². The molecule has 0 unspecified atom stereocenters. The summed E-state index contributed by atoms with van der Waals surface area (Å²) in [6.45, 7) is 4.98. The first kappa shape index (κ1) is 33.7. The molecule has 1 aliphatic heterocycles. The van der Waals surface area contributed by atoms with Crippen LogP contribution in [0.3, 0.4) is 0 Å². The van der Waals surface area contributed by atoms with E-state index in [4.69, 9.17) is 0 Å². The summed E-state index contributed by atoms with van der Waals surface area (Å²) < 4.78 is 0. The van der Waals surface area contributed by atoms with Gasteiger partial charge in [-0.1, -0.05) is 71.1 Å². The van der Waals surface area contributed by atoms with Crippen LogP contribution in [-0.4, -0.2) is 25.0 Å². The van der Waals surface area contributed by atoms with Gasteiger partial charge in [0.25, 0.3) is 0 Å². The van der Waals surface area contributed by atoms with Crippen molar-refractivity contribution in [3.05, 3.63) is 14.9 Å². The third kappa shape index (κ3) is 26.3. The molecule has 0 radical (unpaired) electrons. The average molecular weight is 571 g/mol. The van der Waals surface area contributed by atoms with Crippen LogP contribution in [0.2, 0.25) is 0 Å². The van der Waals surface area contributed by atoms with E-state index in [0.717, 1.165) is 5.92 Å². The molecule has 0 aromatic heterocycles. The van der Waals surface area contributed by atoms with Crippen LogP contribution in [0.4, 0.5) is 0 Å². The Kier molecular flexibility index (Phi) is 38.4. The second-order valence-electron chi connectivity index (χ2n) is 6.59. The van der Waals surface area contributed by atoms with Crippen LogP contribution < -0.4 is 17.0 Å². The van der Waals surface area contributed by atoms with Gasteiger partial charge in [0, 0.05) is 0 Å². The zero-order chi connectivity index (χ0) is 15.8. The third-order valence-electron chi connectivity index (χ3n) is 4.47.